The number of aromatic nitrogens is 1. The van der Waals surface area contributed by atoms with E-state index in [0.29, 0.717) is 18.7 Å². The number of non-ortho nitro benzene ring substituents is 1. The number of aryl methyl sites for hydroxylation is 1. The first-order valence-corrected chi connectivity index (χ1v) is 6.42. The first-order chi connectivity index (χ1) is 9.04. The third-order valence-corrected chi connectivity index (χ3v) is 3.36. The second-order valence-electron chi connectivity index (χ2n) is 4.02. The van der Waals surface area contributed by atoms with Crippen molar-refractivity contribution in [2.45, 2.75) is 20.0 Å². The maximum atomic E-state index is 13.2. The van der Waals surface area contributed by atoms with E-state index in [9.17, 15) is 14.5 Å². The Kier molecular flexibility index (Phi) is 4.18. The minimum Gasteiger partial charge on any atom is -0.308 e. The summed E-state index contributed by atoms with van der Waals surface area (Å²) in [5.74, 6) is -0.598. The molecule has 19 heavy (non-hydrogen) atoms. The Morgan fingerprint density at radius 1 is 1.42 bits per heavy atom. The average molecular weight is 281 g/mol. The van der Waals surface area contributed by atoms with Crippen molar-refractivity contribution < 1.29 is 9.31 Å². The molecule has 0 aliphatic carbocycles. The molecule has 2 rings (SSSR count). The molecule has 1 heterocycles. The van der Waals surface area contributed by atoms with Crippen molar-refractivity contribution >= 4 is 17.0 Å². The minimum absolute atomic E-state index is 0.231. The zero-order valence-electron chi connectivity index (χ0n) is 10.2. The van der Waals surface area contributed by atoms with Crippen LogP contribution in [0.25, 0.3) is 0 Å². The SMILES string of the molecule is Cc1ncc(CNCc2cc(F)cc([N+](=O)[O-])c2)s1. The molecular weight excluding hydrogens is 269 g/mol. The summed E-state index contributed by atoms with van der Waals surface area (Å²) in [6.45, 7) is 2.90. The average Bonchev–Trinajstić information content (AvgIpc) is 2.74. The van der Waals surface area contributed by atoms with E-state index in [4.69, 9.17) is 0 Å². The highest BCUT2D eigenvalue weighted by molar-refractivity contribution is 7.11. The maximum Gasteiger partial charge on any atom is 0.272 e. The Bertz CT molecular complexity index is 600. The molecule has 2 aromatic rings. The van der Waals surface area contributed by atoms with Crippen LogP contribution in [0.5, 0.6) is 0 Å². The number of nitrogens with one attached hydrogen (secondary N) is 1. The van der Waals surface area contributed by atoms with Gasteiger partial charge in [-0.1, -0.05) is 0 Å². The summed E-state index contributed by atoms with van der Waals surface area (Å²) in [6, 6.07) is 3.57. The standard InChI is InChI=1S/C12H12FN3O2S/c1-8-15-7-12(19-8)6-14-5-9-2-10(13)4-11(3-9)16(17)18/h2-4,7,14H,5-6H2,1H3. The van der Waals surface area contributed by atoms with Gasteiger partial charge in [-0.3, -0.25) is 10.1 Å². The Morgan fingerprint density at radius 2 is 2.21 bits per heavy atom. The summed E-state index contributed by atoms with van der Waals surface area (Å²) in [7, 11) is 0. The van der Waals surface area contributed by atoms with Gasteiger partial charge < -0.3 is 5.32 Å². The quantitative estimate of drug-likeness (QED) is 0.676. The van der Waals surface area contributed by atoms with Crippen LogP contribution >= 0.6 is 11.3 Å². The molecule has 0 fully saturated rings. The van der Waals surface area contributed by atoms with E-state index in [2.05, 4.69) is 10.3 Å². The maximum absolute atomic E-state index is 13.2. The highest BCUT2D eigenvalue weighted by atomic mass is 32.1. The zero-order chi connectivity index (χ0) is 13.8. The third kappa shape index (κ3) is 3.80. The molecule has 0 aliphatic rings. The van der Waals surface area contributed by atoms with Crippen molar-refractivity contribution in [1.82, 2.24) is 10.3 Å². The summed E-state index contributed by atoms with van der Waals surface area (Å²) >= 11 is 1.58. The predicted molar refractivity (Wildman–Crippen MR) is 70.4 cm³/mol. The molecule has 7 heteroatoms. The smallest absolute Gasteiger partial charge is 0.272 e. The van der Waals surface area contributed by atoms with Crippen LogP contribution in [0.1, 0.15) is 15.4 Å². The van der Waals surface area contributed by atoms with E-state index in [1.165, 1.54) is 12.1 Å². The molecule has 0 atom stereocenters. The number of nitrogens with zero attached hydrogens (tertiary/aromatic N) is 2. The second-order valence-corrected chi connectivity index (χ2v) is 5.34. The number of hydrogen-bond donors (Lipinski definition) is 1. The van der Waals surface area contributed by atoms with Crippen molar-refractivity contribution in [1.29, 1.82) is 0 Å². The van der Waals surface area contributed by atoms with Crippen molar-refractivity contribution in [2.75, 3.05) is 0 Å². The largest absolute Gasteiger partial charge is 0.308 e. The summed E-state index contributed by atoms with van der Waals surface area (Å²) in [5, 5.41) is 14.7. The van der Waals surface area contributed by atoms with Crippen molar-refractivity contribution in [3.63, 3.8) is 0 Å². The van der Waals surface area contributed by atoms with E-state index in [-0.39, 0.29) is 5.69 Å². The zero-order valence-corrected chi connectivity index (χ0v) is 11.0. The van der Waals surface area contributed by atoms with Crippen LogP contribution < -0.4 is 5.32 Å². The predicted octanol–water partition coefficient (Wildman–Crippen LogP) is 2.79. The highest BCUT2D eigenvalue weighted by Crippen LogP contribution is 2.16. The molecule has 0 spiro atoms. The molecule has 1 aromatic heterocycles. The van der Waals surface area contributed by atoms with Crippen LogP contribution in [-0.2, 0) is 13.1 Å². The number of nitro groups is 1. The molecule has 5 nitrogen and oxygen atoms in total. The van der Waals surface area contributed by atoms with E-state index < -0.39 is 10.7 Å². The van der Waals surface area contributed by atoms with Gasteiger partial charge in [-0.25, -0.2) is 9.37 Å². The number of halogens is 1. The van der Waals surface area contributed by atoms with Gasteiger partial charge in [-0.2, -0.15) is 0 Å². The molecule has 0 saturated carbocycles. The number of hydrogen-bond acceptors (Lipinski definition) is 5. The van der Waals surface area contributed by atoms with Gasteiger partial charge in [0.2, 0.25) is 0 Å². The molecule has 100 valence electrons. The Balaban J connectivity index is 1.97. The van der Waals surface area contributed by atoms with Crippen molar-refractivity contribution in [3.05, 3.63) is 55.8 Å². The molecule has 1 N–H and O–H groups in total. The molecular formula is C12H12FN3O2S. The van der Waals surface area contributed by atoms with Gasteiger partial charge in [0.1, 0.15) is 5.82 Å². The Labute approximate surface area is 113 Å². The van der Waals surface area contributed by atoms with Crippen LogP contribution in [0.15, 0.2) is 24.4 Å². The van der Waals surface area contributed by atoms with Crippen LogP contribution in [0.2, 0.25) is 0 Å². The molecule has 0 amide bonds. The summed E-state index contributed by atoms with van der Waals surface area (Å²) in [5.41, 5.74) is 0.318. The summed E-state index contributed by atoms with van der Waals surface area (Å²) < 4.78 is 13.2. The molecule has 0 aliphatic heterocycles. The fourth-order valence-electron chi connectivity index (χ4n) is 1.66. The Morgan fingerprint density at radius 3 is 2.84 bits per heavy atom. The van der Waals surface area contributed by atoms with E-state index in [0.717, 1.165) is 16.0 Å². The van der Waals surface area contributed by atoms with Gasteiger partial charge in [-0.05, 0) is 18.6 Å². The first kappa shape index (κ1) is 13.6. The van der Waals surface area contributed by atoms with Crippen LogP contribution in [0, 0.1) is 22.9 Å². The lowest BCUT2D eigenvalue weighted by Crippen LogP contribution is -2.12. The normalized spacial score (nSPS) is 10.6. The van der Waals surface area contributed by atoms with Gasteiger partial charge in [-0.15, -0.1) is 11.3 Å². The highest BCUT2D eigenvalue weighted by Gasteiger charge is 2.09. The molecule has 0 bridgehead atoms. The summed E-state index contributed by atoms with van der Waals surface area (Å²) in [4.78, 5) is 15.2. The van der Waals surface area contributed by atoms with Gasteiger partial charge in [0, 0.05) is 30.2 Å². The fraction of sp³-hybridized carbons (Fsp3) is 0.250. The monoisotopic (exact) mass is 281 g/mol. The lowest BCUT2D eigenvalue weighted by atomic mass is 10.2. The van der Waals surface area contributed by atoms with E-state index in [1.807, 2.05) is 6.92 Å². The number of thiazole rings is 1. The van der Waals surface area contributed by atoms with Gasteiger partial charge >= 0.3 is 0 Å². The topological polar surface area (TPSA) is 68.1 Å². The van der Waals surface area contributed by atoms with E-state index >= 15 is 0 Å². The Hall–Kier alpha value is -1.86. The summed E-state index contributed by atoms with van der Waals surface area (Å²) in [6.07, 6.45) is 1.78. The number of rotatable bonds is 5. The minimum atomic E-state index is -0.598. The first-order valence-electron chi connectivity index (χ1n) is 5.60. The van der Waals surface area contributed by atoms with Crippen LogP contribution in [0.3, 0.4) is 0 Å². The van der Waals surface area contributed by atoms with Crippen LogP contribution in [0.4, 0.5) is 10.1 Å². The molecule has 0 saturated heterocycles. The molecule has 0 unspecified atom stereocenters. The molecule has 1 aromatic carbocycles. The lowest BCUT2D eigenvalue weighted by molar-refractivity contribution is -0.385. The third-order valence-electron chi connectivity index (χ3n) is 2.45. The second kappa shape index (κ2) is 5.85. The van der Waals surface area contributed by atoms with Crippen molar-refractivity contribution in [2.24, 2.45) is 0 Å². The number of nitro benzene ring substituents is 1. The lowest BCUT2D eigenvalue weighted by Gasteiger charge is -2.03. The van der Waals surface area contributed by atoms with Gasteiger partial charge in [0.25, 0.3) is 5.69 Å². The fourth-order valence-corrected chi connectivity index (χ4v) is 2.42. The van der Waals surface area contributed by atoms with Gasteiger partial charge in [0.15, 0.2) is 0 Å². The van der Waals surface area contributed by atoms with Crippen LogP contribution in [-0.4, -0.2) is 9.91 Å². The van der Waals surface area contributed by atoms with Crippen molar-refractivity contribution in [3.8, 4) is 0 Å². The van der Waals surface area contributed by atoms with E-state index in [1.54, 1.807) is 17.5 Å². The molecule has 0 radical (unpaired) electrons. The van der Waals surface area contributed by atoms with Gasteiger partial charge in [0.05, 0.1) is 16.0 Å². The number of benzene rings is 1.